The minimum atomic E-state index is -0.371. The minimum Gasteiger partial charge on any atom is -0.465 e. The van der Waals surface area contributed by atoms with Gasteiger partial charge in [-0.3, -0.25) is 14.2 Å². The van der Waals surface area contributed by atoms with E-state index in [2.05, 4.69) is 35.5 Å². The molecule has 1 N–H and O–H groups in total. The lowest BCUT2D eigenvalue weighted by molar-refractivity contribution is -0.143. The Bertz CT molecular complexity index is 1050. The van der Waals surface area contributed by atoms with Crippen molar-refractivity contribution < 1.29 is 9.53 Å². The summed E-state index contributed by atoms with van der Waals surface area (Å²) >= 11 is 1.68. The van der Waals surface area contributed by atoms with Gasteiger partial charge in [0, 0.05) is 36.7 Å². The van der Waals surface area contributed by atoms with Crippen molar-refractivity contribution in [2.24, 2.45) is 7.05 Å². The van der Waals surface area contributed by atoms with E-state index in [9.17, 15) is 14.4 Å². The molecule has 0 aliphatic carbocycles. The lowest BCUT2D eigenvalue weighted by Crippen LogP contribution is -2.41. The summed E-state index contributed by atoms with van der Waals surface area (Å²) in [6.07, 6.45) is 7.32. The van der Waals surface area contributed by atoms with Crippen LogP contribution in [-0.2, 0) is 29.5 Å². The van der Waals surface area contributed by atoms with Gasteiger partial charge in [-0.25, -0.2) is 9.48 Å². The Kier molecular flexibility index (Phi) is 12.7. The van der Waals surface area contributed by atoms with Crippen LogP contribution >= 0.6 is 11.8 Å². The first-order valence-electron chi connectivity index (χ1n) is 12.7. The average Bonchev–Trinajstić information content (AvgIpc) is 2.85. The van der Waals surface area contributed by atoms with Gasteiger partial charge in [0.1, 0.15) is 6.61 Å². The zero-order chi connectivity index (χ0) is 25.6. The van der Waals surface area contributed by atoms with E-state index in [4.69, 9.17) is 4.74 Å². The molecule has 194 valence electrons. The van der Waals surface area contributed by atoms with Crippen molar-refractivity contribution in [3.63, 3.8) is 0 Å². The van der Waals surface area contributed by atoms with Gasteiger partial charge >= 0.3 is 11.7 Å². The number of nitrogens with one attached hydrogen (secondary N) is 1. The van der Waals surface area contributed by atoms with Crippen LogP contribution in [-0.4, -0.2) is 38.7 Å². The van der Waals surface area contributed by atoms with E-state index in [1.165, 1.54) is 21.2 Å². The Morgan fingerprint density at radius 3 is 2.66 bits per heavy atom. The monoisotopic (exact) mass is 504 g/mol. The molecule has 0 fully saturated rings. The van der Waals surface area contributed by atoms with Gasteiger partial charge in [0.05, 0.1) is 0 Å². The van der Waals surface area contributed by atoms with Crippen LogP contribution in [0.2, 0.25) is 0 Å². The van der Waals surface area contributed by atoms with E-state index in [0.29, 0.717) is 26.1 Å². The summed E-state index contributed by atoms with van der Waals surface area (Å²) in [5, 5.41) is 7.44. The molecule has 1 aromatic heterocycles. The van der Waals surface area contributed by atoms with Gasteiger partial charge in [0.15, 0.2) is 0 Å². The predicted octanol–water partition coefficient (Wildman–Crippen LogP) is 4.39. The summed E-state index contributed by atoms with van der Waals surface area (Å²) < 4.78 is 7.75. The highest BCUT2D eigenvalue weighted by atomic mass is 32.2. The number of thioether (sulfide) groups is 1. The van der Waals surface area contributed by atoms with Crippen LogP contribution in [0.1, 0.15) is 71.3 Å². The molecule has 0 bridgehead atoms. The first-order valence-corrected chi connectivity index (χ1v) is 13.6. The van der Waals surface area contributed by atoms with Gasteiger partial charge in [-0.1, -0.05) is 51.7 Å². The lowest BCUT2D eigenvalue weighted by atomic mass is 10.1. The molecule has 0 aliphatic rings. The Balaban J connectivity index is 1.87. The number of anilines is 1. The Morgan fingerprint density at radius 2 is 1.91 bits per heavy atom. The predicted molar refractivity (Wildman–Crippen MR) is 142 cm³/mol. The third-order valence-corrected chi connectivity index (χ3v) is 6.69. The fraction of sp³-hybridized carbons (Fsp3) is 0.615. The molecule has 0 aliphatic heterocycles. The quantitative estimate of drug-likeness (QED) is 0.206. The summed E-state index contributed by atoms with van der Waals surface area (Å²) in [4.78, 5) is 37.6. The molecule has 0 amide bonds. The first kappa shape index (κ1) is 28.7. The summed E-state index contributed by atoms with van der Waals surface area (Å²) in [5.74, 6) is 0.0471. The second-order valence-corrected chi connectivity index (χ2v) is 10.3. The number of aromatic nitrogens is 3. The molecule has 2 aromatic rings. The minimum absolute atomic E-state index is 0.173. The molecule has 8 nitrogen and oxygen atoms in total. The number of hydrogen-bond donors (Lipinski definition) is 1. The van der Waals surface area contributed by atoms with Gasteiger partial charge in [-0.15, -0.1) is 16.9 Å². The Hall–Kier alpha value is -2.55. The van der Waals surface area contributed by atoms with E-state index in [0.717, 1.165) is 43.4 Å². The maximum Gasteiger partial charge on any atom is 0.347 e. The first-order chi connectivity index (χ1) is 16.8. The zero-order valence-electron chi connectivity index (χ0n) is 21.5. The van der Waals surface area contributed by atoms with Crippen molar-refractivity contribution in [1.29, 1.82) is 0 Å². The maximum absolute atomic E-state index is 12.8. The molecule has 0 spiro atoms. The fourth-order valence-electron chi connectivity index (χ4n) is 3.66. The van der Waals surface area contributed by atoms with E-state index in [-0.39, 0.29) is 28.3 Å². The van der Waals surface area contributed by atoms with Gasteiger partial charge in [0.2, 0.25) is 5.82 Å². The summed E-state index contributed by atoms with van der Waals surface area (Å²) in [6, 6.07) is 8.33. The van der Waals surface area contributed by atoms with E-state index in [1.54, 1.807) is 25.7 Å². The van der Waals surface area contributed by atoms with E-state index >= 15 is 0 Å². The van der Waals surface area contributed by atoms with Crippen LogP contribution in [0.25, 0.3) is 0 Å². The molecule has 0 saturated carbocycles. The average molecular weight is 505 g/mol. The third kappa shape index (κ3) is 9.92. The highest BCUT2D eigenvalue weighted by Crippen LogP contribution is 2.24. The number of rotatable bonds is 16. The van der Waals surface area contributed by atoms with Crippen LogP contribution < -0.4 is 16.6 Å². The van der Waals surface area contributed by atoms with E-state index < -0.39 is 0 Å². The van der Waals surface area contributed by atoms with Crippen LogP contribution in [0.3, 0.4) is 0 Å². The number of unbranched alkanes of at least 4 members (excludes halogenated alkanes) is 4. The molecule has 1 unspecified atom stereocenters. The van der Waals surface area contributed by atoms with E-state index in [1.807, 2.05) is 13.0 Å². The normalized spacial score (nSPS) is 11.9. The highest BCUT2D eigenvalue weighted by molar-refractivity contribution is 8.00. The third-order valence-electron chi connectivity index (χ3n) is 5.63. The summed E-state index contributed by atoms with van der Waals surface area (Å²) in [6.45, 7) is 7.40. The molecule has 9 heteroatoms. The standard InChI is InChI=1S/C26H40N4O4S/c1-5-7-8-9-10-17-30-25(32)24(28-29(4)26(30)33)27-16-12-14-21-13-11-15-22(18-21)35-20(3)19-34-23(31)6-2/h11,13,15,18,20H,5-10,12,14,16-17,19H2,1-4H3,(H,27,28). The molecule has 0 radical (unpaired) electrons. The van der Waals surface area contributed by atoms with Gasteiger partial charge in [-0.05, 0) is 43.9 Å². The van der Waals surface area contributed by atoms with Crippen LogP contribution in [0.4, 0.5) is 5.82 Å². The number of esters is 1. The second-order valence-electron chi connectivity index (χ2n) is 8.77. The van der Waals surface area contributed by atoms with Crippen molar-refractivity contribution in [3.05, 3.63) is 50.7 Å². The number of ether oxygens (including phenoxy) is 1. The number of hydrogen-bond acceptors (Lipinski definition) is 7. The number of benzene rings is 1. The van der Waals surface area contributed by atoms with Crippen molar-refractivity contribution in [1.82, 2.24) is 14.3 Å². The van der Waals surface area contributed by atoms with Crippen molar-refractivity contribution in [2.45, 2.75) is 88.8 Å². The molecule has 2 rings (SSSR count). The number of carbonyl (C=O) groups excluding carboxylic acids is 1. The summed E-state index contributed by atoms with van der Waals surface area (Å²) in [5.41, 5.74) is 0.483. The highest BCUT2D eigenvalue weighted by Gasteiger charge is 2.11. The van der Waals surface area contributed by atoms with Crippen molar-refractivity contribution >= 4 is 23.5 Å². The topological polar surface area (TPSA) is 95.2 Å². The largest absolute Gasteiger partial charge is 0.465 e. The Morgan fingerprint density at radius 1 is 1.14 bits per heavy atom. The number of carbonyl (C=O) groups is 1. The Labute approximate surface area is 212 Å². The van der Waals surface area contributed by atoms with Crippen LogP contribution in [0.5, 0.6) is 0 Å². The van der Waals surface area contributed by atoms with Crippen molar-refractivity contribution in [3.8, 4) is 0 Å². The molecular formula is C26H40N4O4S. The lowest BCUT2D eigenvalue weighted by Gasteiger charge is -2.13. The molecular weight excluding hydrogens is 464 g/mol. The smallest absolute Gasteiger partial charge is 0.347 e. The van der Waals surface area contributed by atoms with Gasteiger partial charge in [-0.2, -0.15) is 0 Å². The number of nitrogens with zero attached hydrogens (tertiary/aromatic N) is 3. The second kappa shape index (κ2) is 15.4. The summed E-state index contributed by atoms with van der Waals surface area (Å²) in [7, 11) is 1.58. The van der Waals surface area contributed by atoms with Crippen LogP contribution in [0.15, 0.2) is 38.8 Å². The van der Waals surface area contributed by atoms with Gasteiger partial charge < -0.3 is 10.1 Å². The van der Waals surface area contributed by atoms with Crippen molar-refractivity contribution in [2.75, 3.05) is 18.5 Å². The maximum atomic E-state index is 12.8. The fourth-order valence-corrected chi connectivity index (χ4v) is 4.64. The molecule has 1 heterocycles. The SMILES string of the molecule is CCCCCCCn1c(=O)c(NCCCc2cccc(SC(C)COC(=O)CC)c2)nn(C)c1=O. The zero-order valence-corrected chi connectivity index (χ0v) is 22.4. The molecule has 0 saturated heterocycles. The molecule has 35 heavy (non-hydrogen) atoms. The molecule has 1 aromatic carbocycles. The van der Waals surface area contributed by atoms with Gasteiger partial charge in [0.25, 0.3) is 5.56 Å². The van der Waals surface area contributed by atoms with Crippen LogP contribution in [0, 0.1) is 0 Å². The molecule has 1 atom stereocenters. The number of aryl methyl sites for hydroxylation is 2.